The van der Waals surface area contributed by atoms with Gasteiger partial charge in [0.2, 0.25) is 0 Å². The molecule has 0 aromatic heterocycles. The fourth-order valence-corrected chi connectivity index (χ4v) is 1.83. The summed E-state index contributed by atoms with van der Waals surface area (Å²) in [6.07, 6.45) is 9.35. The quantitative estimate of drug-likeness (QED) is 0.556. The first kappa shape index (κ1) is 15.0. The van der Waals surface area contributed by atoms with Crippen molar-refractivity contribution >= 4 is 0 Å². The molecule has 1 heteroatoms. The number of aryl methyl sites for hydroxylation is 1. The second-order valence-electron chi connectivity index (χ2n) is 5.81. The van der Waals surface area contributed by atoms with E-state index in [4.69, 9.17) is 0 Å². The average molecular weight is 245 g/mol. The molecule has 0 aliphatic heterocycles. The molecule has 1 aromatic carbocycles. The Kier molecular flexibility index (Phi) is 6.74. The van der Waals surface area contributed by atoms with Crippen LogP contribution < -0.4 is 5.32 Å². The smallest absolute Gasteiger partial charge is 0.00966 e. The van der Waals surface area contributed by atoms with E-state index in [1.54, 1.807) is 0 Å². The number of rotatable bonds is 7. The van der Waals surface area contributed by atoms with Crippen LogP contribution in [0.5, 0.6) is 0 Å². The number of nitrogens with one attached hydrogen (secondary N) is 1. The second kappa shape index (κ2) is 8.10. The molecule has 0 saturated heterocycles. The number of hydrogen-bond donors (Lipinski definition) is 1. The van der Waals surface area contributed by atoms with Gasteiger partial charge in [0, 0.05) is 5.54 Å². The van der Waals surface area contributed by atoms with Gasteiger partial charge in [-0.2, -0.15) is 0 Å². The van der Waals surface area contributed by atoms with Crippen LogP contribution in [0.15, 0.2) is 42.5 Å². The Labute approximate surface area is 112 Å². The molecular formula is C17H27N. The molecule has 1 aromatic rings. The van der Waals surface area contributed by atoms with Gasteiger partial charge in [0.15, 0.2) is 0 Å². The van der Waals surface area contributed by atoms with Crippen molar-refractivity contribution in [1.29, 1.82) is 0 Å². The van der Waals surface area contributed by atoms with Crippen molar-refractivity contribution < 1.29 is 0 Å². The van der Waals surface area contributed by atoms with Gasteiger partial charge in [-0.05, 0) is 58.6 Å². The molecular weight excluding hydrogens is 218 g/mol. The monoisotopic (exact) mass is 245 g/mol. The van der Waals surface area contributed by atoms with Crippen molar-refractivity contribution in [2.75, 3.05) is 6.54 Å². The zero-order valence-corrected chi connectivity index (χ0v) is 12.1. The van der Waals surface area contributed by atoms with Crippen molar-refractivity contribution in [2.45, 2.75) is 52.0 Å². The van der Waals surface area contributed by atoms with Crippen LogP contribution in [0.2, 0.25) is 0 Å². The molecule has 0 atom stereocenters. The lowest BCUT2D eigenvalue weighted by Crippen LogP contribution is -2.36. The Bertz CT molecular complexity index is 332. The SMILES string of the molecule is CC(C)(C)NCCC=CCCCc1ccccc1. The predicted octanol–water partition coefficient (Wildman–Crippen LogP) is 4.34. The maximum Gasteiger partial charge on any atom is 0.00966 e. The van der Waals surface area contributed by atoms with E-state index in [-0.39, 0.29) is 5.54 Å². The summed E-state index contributed by atoms with van der Waals surface area (Å²) in [5.41, 5.74) is 1.68. The van der Waals surface area contributed by atoms with Gasteiger partial charge in [0.25, 0.3) is 0 Å². The molecule has 0 bridgehead atoms. The molecule has 0 heterocycles. The van der Waals surface area contributed by atoms with E-state index in [1.807, 2.05) is 0 Å². The molecule has 0 radical (unpaired) electrons. The summed E-state index contributed by atoms with van der Waals surface area (Å²) in [5, 5.41) is 3.49. The molecule has 0 unspecified atom stereocenters. The van der Waals surface area contributed by atoms with Gasteiger partial charge in [0.1, 0.15) is 0 Å². The van der Waals surface area contributed by atoms with Crippen molar-refractivity contribution in [3.05, 3.63) is 48.0 Å². The lowest BCUT2D eigenvalue weighted by molar-refractivity contribution is 0.431. The van der Waals surface area contributed by atoms with Gasteiger partial charge < -0.3 is 5.32 Å². The molecule has 1 nitrogen and oxygen atoms in total. The van der Waals surface area contributed by atoms with E-state index in [0.29, 0.717) is 0 Å². The van der Waals surface area contributed by atoms with Gasteiger partial charge in [-0.25, -0.2) is 0 Å². The number of benzene rings is 1. The molecule has 0 saturated carbocycles. The molecule has 0 fully saturated rings. The highest BCUT2D eigenvalue weighted by molar-refractivity contribution is 5.14. The highest BCUT2D eigenvalue weighted by Crippen LogP contribution is 2.05. The summed E-state index contributed by atoms with van der Waals surface area (Å²) in [7, 11) is 0. The van der Waals surface area contributed by atoms with Crippen LogP contribution in [0.4, 0.5) is 0 Å². The third-order valence-corrected chi connectivity index (χ3v) is 2.81. The van der Waals surface area contributed by atoms with E-state index < -0.39 is 0 Å². The van der Waals surface area contributed by atoms with Crippen molar-refractivity contribution in [3.63, 3.8) is 0 Å². The van der Waals surface area contributed by atoms with Crippen LogP contribution in [0.25, 0.3) is 0 Å². The molecule has 1 rings (SSSR count). The Balaban J connectivity index is 2.01. The van der Waals surface area contributed by atoms with E-state index in [1.165, 1.54) is 24.8 Å². The topological polar surface area (TPSA) is 12.0 Å². The molecule has 0 aliphatic carbocycles. The largest absolute Gasteiger partial charge is 0.312 e. The Morgan fingerprint density at radius 3 is 2.33 bits per heavy atom. The highest BCUT2D eigenvalue weighted by Gasteiger charge is 2.05. The number of allylic oxidation sites excluding steroid dienone is 1. The van der Waals surface area contributed by atoms with E-state index in [0.717, 1.165) is 13.0 Å². The minimum absolute atomic E-state index is 0.237. The number of hydrogen-bond acceptors (Lipinski definition) is 1. The van der Waals surface area contributed by atoms with E-state index in [9.17, 15) is 0 Å². The standard InChI is InChI=1S/C17H27N/c1-17(2,3)18-15-11-6-4-5-8-12-16-13-9-7-10-14-16/h4,6-7,9-10,13-14,18H,5,8,11-12,15H2,1-3H3. The third-order valence-electron chi connectivity index (χ3n) is 2.81. The third kappa shape index (κ3) is 8.08. The first-order valence-electron chi connectivity index (χ1n) is 7.02. The van der Waals surface area contributed by atoms with Crippen LogP contribution in [0, 0.1) is 0 Å². The van der Waals surface area contributed by atoms with Gasteiger partial charge in [-0.3, -0.25) is 0 Å². The average Bonchev–Trinajstić information content (AvgIpc) is 2.32. The summed E-state index contributed by atoms with van der Waals surface area (Å²) in [5.74, 6) is 0. The van der Waals surface area contributed by atoms with Crippen LogP contribution in [0.3, 0.4) is 0 Å². The Morgan fingerprint density at radius 2 is 1.67 bits per heavy atom. The molecule has 18 heavy (non-hydrogen) atoms. The molecule has 1 N–H and O–H groups in total. The summed E-state index contributed by atoms with van der Waals surface area (Å²) in [6.45, 7) is 7.68. The van der Waals surface area contributed by atoms with Gasteiger partial charge >= 0.3 is 0 Å². The minimum Gasteiger partial charge on any atom is -0.312 e. The fraction of sp³-hybridized carbons (Fsp3) is 0.529. The Hall–Kier alpha value is -1.08. The van der Waals surface area contributed by atoms with Crippen molar-refractivity contribution in [1.82, 2.24) is 5.32 Å². The summed E-state index contributed by atoms with van der Waals surface area (Å²) < 4.78 is 0. The first-order valence-corrected chi connectivity index (χ1v) is 7.02. The van der Waals surface area contributed by atoms with Crippen LogP contribution >= 0.6 is 0 Å². The van der Waals surface area contributed by atoms with Gasteiger partial charge in [0.05, 0.1) is 0 Å². The molecule has 0 spiro atoms. The van der Waals surface area contributed by atoms with Crippen molar-refractivity contribution in [2.24, 2.45) is 0 Å². The summed E-state index contributed by atoms with van der Waals surface area (Å²) >= 11 is 0. The normalized spacial score (nSPS) is 12.2. The van der Waals surface area contributed by atoms with Crippen molar-refractivity contribution in [3.8, 4) is 0 Å². The lowest BCUT2D eigenvalue weighted by atomic mass is 10.1. The zero-order valence-electron chi connectivity index (χ0n) is 12.1. The van der Waals surface area contributed by atoms with Crippen LogP contribution in [-0.2, 0) is 6.42 Å². The maximum absolute atomic E-state index is 3.49. The molecule has 0 aliphatic rings. The lowest BCUT2D eigenvalue weighted by Gasteiger charge is -2.19. The predicted molar refractivity (Wildman–Crippen MR) is 80.9 cm³/mol. The molecule has 100 valence electrons. The molecule has 0 amide bonds. The highest BCUT2D eigenvalue weighted by atomic mass is 14.9. The summed E-state index contributed by atoms with van der Waals surface area (Å²) in [6, 6.07) is 10.7. The van der Waals surface area contributed by atoms with Gasteiger partial charge in [-0.1, -0.05) is 42.5 Å². The fourth-order valence-electron chi connectivity index (χ4n) is 1.83. The van der Waals surface area contributed by atoms with Crippen LogP contribution in [0.1, 0.15) is 45.6 Å². The van der Waals surface area contributed by atoms with E-state index in [2.05, 4.69) is 68.6 Å². The van der Waals surface area contributed by atoms with Crippen LogP contribution in [-0.4, -0.2) is 12.1 Å². The zero-order chi connectivity index (χ0) is 13.3. The maximum atomic E-state index is 3.49. The summed E-state index contributed by atoms with van der Waals surface area (Å²) in [4.78, 5) is 0. The van der Waals surface area contributed by atoms with Gasteiger partial charge in [-0.15, -0.1) is 0 Å². The van der Waals surface area contributed by atoms with E-state index >= 15 is 0 Å². The second-order valence-corrected chi connectivity index (χ2v) is 5.81. The first-order chi connectivity index (χ1) is 8.58. The Morgan fingerprint density at radius 1 is 1.00 bits per heavy atom. The number of unbranched alkanes of at least 4 members (excludes halogenated alkanes) is 1. The minimum atomic E-state index is 0.237.